The second kappa shape index (κ2) is 10.2. The minimum absolute atomic E-state index is 0.450. The molecule has 2 fully saturated rings. The Morgan fingerprint density at radius 2 is 1.78 bits per heavy atom. The van der Waals surface area contributed by atoms with E-state index < -0.39 is 0 Å². The Labute approximate surface area is 214 Å². The van der Waals surface area contributed by atoms with Crippen molar-refractivity contribution in [2.24, 2.45) is 0 Å². The molecule has 0 saturated carbocycles. The van der Waals surface area contributed by atoms with Gasteiger partial charge < -0.3 is 24.8 Å². The Hall–Kier alpha value is -2.90. The number of nitrogens with zero attached hydrogens (tertiary/aromatic N) is 5. The van der Waals surface area contributed by atoms with Crippen LogP contribution >= 0.6 is 0 Å². The summed E-state index contributed by atoms with van der Waals surface area (Å²) >= 11 is 0. The summed E-state index contributed by atoms with van der Waals surface area (Å²) in [5.74, 6) is 1.09. The van der Waals surface area contributed by atoms with E-state index in [4.69, 9.17) is 14.7 Å². The van der Waals surface area contributed by atoms with E-state index in [9.17, 15) is 0 Å². The van der Waals surface area contributed by atoms with Crippen LogP contribution in [0.25, 0.3) is 10.8 Å². The van der Waals surface area contributed by atoms with Crippen molar-refractivity contribution in [1.82, 2.24) is 20.2 Å². The van der Waals surface area contributed by atoms with E-state index in [-0.39, 0.29) is 0 Å². The Balaban J connectivity index is 1.35. The van der Waals surface area contributed by atoms with Crippen LogP contribution in [0.15, 0.2) is 36.4 Å². The molecule has 0 bridgehead atoms. The molecule has 2 aromatic carbocycles. The quantitative estimate of drug-likeness (QED) is 0.589. The molecule has 1 atom stereocenters. The molecule has 6 rings (SSSR count). The SMILES string of the molecule is Cc1cccc2c(N3CCCc4c(nc(OC[C@@H]5CCCN5C)nc4N4CCNCC4)C3)cccc12. The van der Waals surface area contributed by atoms with Crippen LogP contribution in [0, 0.1) is 6.92 Å². The lowest BCUT2D eigenvalue weighted by Crippen LogP contribution is -2.44. The predicted molar refractivity (Wildman–Crippen MR) is 146 cm³/mol. The van der Waals surface area contributed by atoms with Crippen LogP contribution in [0.3, 0.4) is 0 Å². The molecule has 0 aliphatic carbocycles. The number of anilines is 2. The van der Waals surface area contributed by atoms with Crippen molar-refractivity contribution < 1.29 is 4.74 Å². The zero-order chi connectivity index (χ0) is 24.5. The van der Waals surface area contributed by atoms with Crippen LogP contribution in [0.5, 0.6) is 6.01 Å². The molecule has 3 aliphatic heterocycles. The van der Waals surface area contributed by atoms with Crippen molar-refractivity contribution >= 4 is 22.3 Å². The molecular formula is C29H38N6O. The summed E-state index contributed by atoms with van der Waals surface area (Å²) in [5, 5.41) is 6.12. The highest BCUT2D eigenvalue weighted by Crippen LogP contribution is 2.34. The van der Waals surface area contributed by atoms with Gasteiger partial charge in [0.2, 0.25) is 0 Å². The van der Waals surface area contributed by atoms with Gasteiger partial charge in [-0.15, -0.1) is 0 Å². The van der Waals surface area contributed by atoms with Crippen molar-refractivity contribution in [2.75, 3.05) is 62.7 Å². The van der Waals surface area contributed by atoms with Gasteiger partial charge in [-0.05, 0) is 63.2 Å². The largest absolute Gasteiger partial charge is 0.462 e. The number of aryl methyl sites for hydroxylation is 1. The van der Waals surface area contributed by atoms with Gasteiger partial charge in [0, 0.05) is 55.4 Å². The number of fused-ring (bicyclic) bond motifs is 2. The standard InChI is InChI=1S/C29H38N6O/c1-21-7-3-10-24-23(21)9-4-12-27(24)35-16-6-11-25-26(19-35)31-29(36-20-22-8-5-15-33(22)2)32-28(25)34-17-13-30-14-18-34/h3-4,7,9-10,12,22,30H,5-6,8,11,13-20H2,1-2H3/t22-/m0/s1. The fourth-order valence-corrected chi connectivity index (χ4v) is 6.08. The van der Waals surface area contributed by atoms with Crippen LogP contribution in [0.1, 0.15) is 36.1 Å². The lowest BCUT2D eigenvalue weighted by atomic mass is 10.0. The minimum Gasteiger partial charge on any atom is -0.462 e. The smallest absolute Gasteiger partial charge is 0.318 e. The van der Waals surface area contributed by atoms with Crippen molar-refractivity contribution in [3.63, 3.8) is 0 Å². The number of likely N-dealkylation sites (N-methyl/N-ethyl adjacent to an activating group) is 1. The van der Waals surface area contributed by atoms with Crippen LogP contribution in [-0.2, 0) is 13.0 Å². The van der Waals surface area contributed by atoms with Crippen molar-refractivity contribution in [1.29, 1.82) is 0 Å². The molecule has 0 unspecified atom stereocenters. The third kappa shape index (κ3) is 4.62. The van der Waals surface area contributed by atoms with Crippen molar-refractivity contribution in [2.45, 2.75) is 45.2 Å². The minimum atomic E-state index is 0.450. The topological polar surface area (TPSA) is 56.8 Å². The average Bonchev–Trinajstić information content (AvgIpc) is 3.20. The fourth-order valence-electron chi connectivity index (χ4n) is 6.08. The van der Waals surface area contributed by atoms with Crippen molar-refractivity contribution in [3.8, 4) is 6.01 Å². The number of hydrogen-bond donors (Lipinski definition) is 1. The number of nitrogens with one attached hydrogen (secondary N) is 1. The van der Waals surface area contributed by atoms with E-state index in [1.165, 1.54) is 40.4 Å². The molecule has 1 N–H and O–H groups in total. The molecular weight excluding hydrogens is 448 g/mol. The Bertz CT molecular complexity index is 1220. The van der Waals surface area contributed by atoms with Gasteiger partial charge >= 0.3 is 6.01 Å². The van der Waals surface area contributed by atoms with E-state index in [0.29, 0.717) is 18.7 Å². The van der Waals surface area contributed by atoms with Gasteiger partial charge in [0.1, 0.15) is 12.4 Å². The number of rotatable bonds is 5. The van der Waals surface area contributed by atoms with Gasteiger partial charge in [0.15, 0.2) is 0 Å². The lowest BCUT2D eigenvalue weighted by molar-refractivity contribution is 0.187. The van der Waals surface area contributed by atoms with E-state index >= 15 is 0 Å². The van der Waals surface area contributed by atoms with Crippen molar-refractivity contribution in [3.05, 3.63) is 53.2 Å². The normalized spacial score (nSPS) is 21.0. The lowest BCUT2D eigenvalue weighted by Gasteiger charge is -2.31. The molecule has 3 aromatic rings. The highest BCUT2D eigenvalue weighted by atomic mass is 16.5. The molecule has 0 spiro atoms. The molecule has 1 aromatic heterocycles. The third-order valence-electron chi connectivity index (χ3n) is 8.20. The van der Waals surface area contributed by atoms with Gasteiger partial charge in [-0.25, -0.2) is 0 Å². The molecule has 190 valence electrons. The molecule has 36 heavy (non-hydrogen) atoms. The van der Waals surface area contributed by atoms with E-state index in [1.807, 2.05) is 0 Å². The van der Waals surface area contributed by atoms with E-state index in [2.05, 4.69) is 70.4 Å². The summed E-state index contributed by atoms with van der Waals surface area (Å²) in [6.45, 7) is 9.71. The number of aromatic nitrogens is 2. The monoisotopic (exact) mass is 486 g/mol. The Kier molecular flexibility index (Phi) is 6.67. The summed E-state index contributed by atoms with van der Waals surface area (Å²) in [6, 6.07) is 14.3. The van der Waals surface area contributed by atoms with Crippen LogP contribution < -0.4 is 19.9 Å². The predicted octanol–water partition coefficient (Wildman–Crippen LogP) is 3.77. The second-order valence-electron chi connectivity index (χ2n) is 10.6. The Morgan fingerprint density at radius 1 is 0.944 bits per heavy atom. The zero-order valence-electron chi connectivity index (χ0n) is 21.7. The van der Waals surface area contributed by atoms with E-state index in [1.54, 1.807) is 0 Å². The number of ether oxygens (including phenoxy) is 1. The first-order valence-corrected chi connectivity index (χ1v) is 13.6. The molecule has 0 amide bonds. The first-order chi connectivity index (χ1) is 17.7. The zero-order valence-corrected chi connectivity index (χ0v) is 21.7. The number of likely N-dealkylation sites (tertiary alicyclic amines) is 1. The summed E-state index contributed by atoms with van der Waals surface area (Å²) in [7, 11) is 2.19. The van der Waals surface area contributed by atoms with Gasteiger partial charge in [0.25, 0.3) is 0 Å². The number of piperazine rings is 1. The highest BCUT2D eigenvalue weighted by Gasteiger charge is 2.27. The molecule has 7 heteroatoms. The van der Waals surface area contributed by atoms with Gasteiger partial charge in [-0.1, -0.05) is 30.3 Å². The van der Waals surface area contributed by atoms with Gasteiger partial charge in [-0.3, -0.25) is 0 Å². The number of benzene rings is 2. The van der Waals surface area contributed by atoms with Gasteiger partial charge in [0.05, 0.1) is 12.2 Å². The maximum Gasteiger partial charge on any atom is 0.318 e. The van der Waals surface area contributed by atoms with Crippen LogP contribution in [-0.4, -0.2) is 73.8 Å². The van der Waals surface area contributed by atoms with Crippen LogP contribution in [0.4, 0.5) is 11.5 Å². The summed E-state index contributed by atoms with van der Waals surface area (Å²) < 4.78 is 6.30. The molecule has 0 radical (unpaired) electrons. The first kappa shape index (κ1) is 23.5. The average molecular weight is 487 g/mol. The maximum atomic E-state index is 6.30. The summed E-state index contributed by atoms with van der Waals surface area (Å²) in [4.78, 5) is 17.4. The van der Waals surface area contributed by atoms with Crippen LogP contribution in [0.2, 0.25) is 0 Å². The Morgan fingerprint density at radius 3 is 2.61 bits per heavy atom. The number of hydrogen-bond acceptors (Lipinski definition) is 7. The first-order valence-electron chi connectivity index (χ1n) is 13.6. The molecule has 3 aliphatic rings. The maximum absolute atomic E-state index is 6.30. The highest BCUT2D eigenvalue weighted by molar-refractivity contribution is 5.96. The second-order valence-corrected chi connectivity index (χ2v) is 10.6. The molecule has 4 heterocycles. The fraction of sp³-hybridized carbons (Fsp3) is 0.517. The molecule has 2 saturated heterocycles. The van der Waals surface area contributed by atoms with E-state index in [0.717, 1.165) is 70.2 Å². The van der Waals surface area contributed by atoms with Gasteiger partial charge in [-0.2, -0.15) is 9.97 Å². The summed E-state index contributed by atoms with van der Waals surface area (Å²) in [6.07, 6.45) is 4.51. The molecule has 7 nitrogen and oxygen atoms in total. The summed E-state index contributed by atoms with van der Waals surface area (Å²) in [5.41, 5.74) is 5.04. The third-order valence-corrected chi connectivity index (χ3v) is 8.20.